The van der Waals surface area contributed by atoms with E-state index in [1.807, 2.05) is 36.4 Å². The van der Waals surface area contributed by atoms with Gasteiger partial charge in [-0.1, -0.05) is 47.5 Å². The minimum absolute atomic E-state index is 0.289. The molecule has 0 atom stereocenters. The maximum Gasteiger partial charge on any atom is 0.298 e. The number of aromatic nitrogens is 1. The van der Waals surface area contributed by atoms with Crippen molar-refractivity contribution in [2.75, 3.05) is 5.32 Å². The standard InChI is InChI=1S/C22H14Cl2N2O2/c23-15-9-7-14(8-10-15)19-13-18-6-1-2-11-26(18)20(19)21(27)22(28)25-17-5-3-4-16(24)12-17/h1-13H,(H,25,28). The van der Waals surface area contributed by atoms with Gasteiger partial charge in [-0.15, -0.1) is 0 Å². The number of hydrogen-bond donors (Lipinski definition) is 1. The van der Waals surface area contributed by atoms with Crippen molar-refractivity contribution in [3.63, 3.8) is 0 Å². The Hall–Kier alpha value is -3.08. The molecule has 0 aliphatic carbocycles. The van der Waals surface area contributed by atoms with Gasteiger partial charge in [0.25, 0.3) is 11.7 Å². The van der Waals surface area contributed by atoms with E-state index in [9.17, 15) is 9.59 Å². The fraction of sp³-hybridized carbons (Fsp3) is 0. The second-order valence-corrected chi connectivity index (χ2v) is 7.08. The topological polar surface area (TPSA) is 50.6 Å². The zero-order valence-corrected chi connectivity index (χ0v) is 16.0. The number of anilines is 1. The molecule has 0 saturated heterocycles. The lowest BCUT2D eigenvalue weighted by Gasteiger charge is -2.08. The first kappa shape index (κ1) is 18.3. The molecule has 28 heavy (non-hydrogen) atoms. The van der Waals surface area contributed by atoms with Crippen molar-refractivity contribution in [3.05, 3.63) is 94.7 Å². The predicted molar refractivity (Wildman–Crippen MR) is 112 cm³/mol. The fourth-order valence-electron chi connectivity index (χ4n) is 3.07. The highest BCUT2D eigenvalue weighted by atomic mass is 35.5. The molecule has 1 N–H and O–H groups in total. The number of nitrogens with zero attached hydrogens (tertiary/aromatic N) is 1. The normalized spacial score (nSPS) is 10.8. The summed E-state index contributed by atoms with van der Waals surface area (Å²) in [6, 6.07) is 21.2. The van der Waals surface area contributed by atoms with Crippen LogP contribution in [0.1, 0.15) is 10.5 Å². The maximum absolute atomic E-state index is 13.1. The number of Topliss-reactive ketones (excluding diaryl/α,β-unsaturated/α-hetero) is 1. The number of carbonyl (C=O) groups excluding carboxylic acids is 2. The van der Waals surface area contributed by atoms with Crippen LogP contribution in [0.3, 0.4) is 0 Å². The van der Waals surface area contributed by atoms with Gasteiger partial charge >= 0.3 is 0 Å². The van der Waals surface area contributed by atoms with E-state index in [4.69, 9.17) is 23.2 Å². The fourth-order valence-corrected chi connectivity index (χ4v) is 3.38. The smallest absolute Gasteiger partial charge is 0.298 e. The van der Waals surface area contributed by atoms with E-state index < -0.39 is 11.7 Å². The number of ketones is 1. The Morgan fingerprint density at radius 3 is 2.36 bits per heavy atom. The van der Waals surface area contributed by atoms with E-state index in [0.717, 1.165) is 11.1 Å². The van der Waals surface area contributed by atoms with Gasteiger partial charge in [0.15, 0.2) is 0 Å². The van der Waals surface area contributed by atoms with Crippen LogP contribution in [0.25, 0.3) is 16.6 Å². The van der Waals surface area contributed by atoms with E-state index in [0.29, 0.717) is 21.3 Å². The van der Waals surface area contributed by atoms with Gasteiger partial charge in [0, 0.05) is 33.0 Å². The van der Waals surface area contributed by atoms with E-state index in [1.165, 1.54) is 0 Å². The van der Waals surface area contributed by atoms with E-state index in [1.54, 1.807) is 47.0 Å². The van der Waals surface area contributed by atoms with Crippen molar-refractivity contribution in [2.45, 2.75) is 0 Å². The van der Waals surface area contributed by atoms with E-state index in [-0.39, 0.29) is 5.69 Å². The van der Waals surface area contributed by atoms with Crippen LogP contribution >= 0.6 is 23.2 Å². The molecule has 4 aromatic rings. The van der Waals surface area contributed by atoms with Crippen molar-refractivity contribution in [2.24, 2.45) is 0 Å². The van der Waals surface area contributed by atoms with Gasteiger partial charge in [-0.2, -0.15) is 0 Å². The second kappa shape index (κ2) is 7.50. The molecule has 4 nitrogen and oxygen atoms in total. The van der Waals surface area contributed by atoms with Crippen LogP contribution in [0, 0.1) is 0 Å². The van der Waals surface area contributed by atoms with Gasteiger partial charge in [0.2, 0.25) is 0 Å². The molecule has 2 heterocycles. The summed E-state index contributed by atoms with van der Waals surface area (Å²) in [5.74, 6) is -1.38. The number of carbonyl (C=O) groups is 2. The maximum atomic E-state index is 13.1. The van der Waals surface area contributed by atoms with Gasteiger partial charge in [0.05, 0.1) is 0 Å². The summed E-state index contributed by atoms with van der Waals surface area (Å²) in [4.78, 5) is 25.7. The number of fused-ring (bicyclic) bond motifs is 1. The largest absolute Gasteiger partial charge is 0.319 e. The monoisotopic (exact) mass is 408 g/mol. The number of nitrogens with one attached hydrogen (secondary N) is 1. The molecule has 0 spiro atoms. The number of hydrogen-bond acceptors (Lipinski definition) is 2. The van der Waals surface area contributed by atoms with Gasteiger partial charge < -0.3 is 9.72 Å². The first-order chi connectivity index (χ1) is 13.5. The predicted octanol–water partition coefficient (Wildman–Crippen LogP) is 5.73. The third kappa shape index (κ3) is 3.52. The minimum atomic E-state index is -0.735. The molecule has 0 aliphatic heterocycles. The molecular formula is C22H14Cl2N2O2. The Morgan fingerprint density at radius 1 is 0.821 bits per heavy atom. The average Bonchev–Trinajstić information content (AvgIpc) is 3.07. The molecule has 0 saturated carbocycles. The lowest BCUT2D eigenvalue weighted by molar-refractivity contribution is -0.112. The van der Waals surface area contributed by atoms with Crippen molar-refractivity contribution >= 4 is 46.1 Å². The molecule has 2 aromatic heterocycles. The highest BCUT2D eigenvalue weighted by molar-refractivity contribution is 6.47. The molecule has 4 rings (SSSR count). The molecule has 6 heteroatoms. The van der Waals surface area contributed by atoms with Crippen molar-refractivity contribution in [1.29, 1.82) is 0 Å². The Kier molecular flexibility index (Phi) is 4.90. The second-order valence-electron chi connectivity index (χ2n) is 6.20. The zero-order valence-electron chi connectivity index (χ0n) is 14.5. The molecule has 0 bridgehead atoms. The molecule has 0 fully saturated rings. The molecule has 138 valence electrons. The van der Waals surface area contributed by atoms with Gasteiger partial charge in [-0.05, 0) is 54.1 Å². The first-order valence-electron chi connectivity index (χ1n) is 8.50. The van der Waals surface area contributed by atoms with Crippen molar-refractivity contribution < 1.29 is 9.59 Å². The lowest BCUT2D eigenvalue weighted by Crippen LogP contribution is -2.24. The molecule has 0 unspecified atom stereocenters. The Bertz CT molecular complexity index is 1200. The zero-order chi connectivity index (χ0) is 19.7. The lowest BCUT2D eigenvalue weighted by atomic mass is 10.0. The van der Waals surface area contributed by atoms with E-state index in [2.05, 4.69) is 5.32 Å². The highest BCUT2D eigenvalue weighted by Crippen LogP contribution is 2.29. The summed E-state index contributed by atoms with van der Waals surface area (Å²) in [6.07, 6.45) is 1.76. The molecule has 2 aromatic carbocycles. The van der Waals surface area contributed by atoms with Crippen LogP contribution in [0.5, 0.6) is 0 Å². The van der Waals surface area contributed by atoms with Crippen LogP contribution in [0.4, 0.5) is 5.69 Å². The van der Waals surface area contributed by atoms with Crippen LogP contribution in [-0.4, -0.2) is 16.1 Å². The summed E-state index contributed by atoms with van der Waals surface area (Å²) in [6.45, 7) is 0. The van der Waals surface area contributed by atoms with Crippen LogP contribution < -0.4 is 5.32 Å². The number of halogens is 2. The SMILES string of the molecule is O=C(Nc1cccc(Cl)c1)C(=O)c1c(-c2ccc(Cl)cc2)cc2ccccn12. The van der Waals surface area contributed by atoms with E-state index >= 15 is 0 Å². The van der Waals surface area contributed by atoms with Gasteiger partial charge in [-0.25, -0.2) is 0 Å². The van der Waals surface area contributed by atoms with Gasteiger partial charge in [-0.3, -0.25) is 9.59 Å². The molecular weight excluding hydrogens is 395 g/mol. The summed E-state index contributed by atoms with van der Waals surface area (Å²) in [5.41, 5.74) is 3.02. The van der Waals surface area contributed by atoms with Crippen molar-refractivity contribution in [3.8, 4) is 11.1 Å². The number of benzene rings is 2. The van der Waals surface area contributed by atoms with Crippen LogP contribution in [0.2, 0.25) is 10.0 Å². The number of rotatable bonds is 4. The third-order valence-corrected chi connectivity index (χ3v) is 4.83. The number of amides is 1. The van der Waals surface area contributed by atoms with Crippen LogP contribution in [0.15, 0.2) is 79.0 Å². The van der Waals surface area contributed by atoms with Gasteiger partial charge in [0.1, 0.15) is 5.69 Å². The first-order valence-corrected chi connectivity index (χ1v) is 9.26. The van der Waals surface area contributed by atoms with Crippen molar-refractivity contribution in [1.82, 2.24) is 4.40 Å². The average molecular weight is 409 g/mol. The highest BCUT2D eigenvalue weighted by Gasteiger charge is 2.24. The third-order valence-electron chi connectivity index (χ3n) is 4.34. The Labute approximate surface area is 171 Å². The number of pyridine rings is 1. The Balaban J connectivity index is 1.78. The Morgan fingerprint density at radius 2 is 1.61 bits per heavy atom. The summed E-state index contributed by atoms with van der Waals surface area (Å²) >= 11 is 11.9. The molecule has 0 radical (unpaired) electrons. The quantitative estimate of drug-likeness (QED) is 0.346. The summed E-state index contributed by atoms with van der Waals surface area (Å²) in [7, 11) is 0. The summed E-state index contributed by atoms with van der Waals surface area (Å²) in [5, 5.41) is 3.68. The minimum Gasteiger partial charge on any atom is -0.319 e. The summed E-state index contributed by atoms with van der Waals surface area (Å²) < 4.78 is 1.71. The van der Waals surface area contributed by atoms with Crippen LogP contribution in [-0.2, 0) is 4.79 Å². The molecule has 0 aliphatic rings. The molecule has 1 amide bonds.